The topological polar surface area (TPSA) is 94.2 Å². The Bertz CT molecular complexity index is 727. The number of rotatable bonds is 10. The summed E-state index contributed by atoms with van der Waals surface area (Å²) in [5, 5.41) is 2.71. The zero-order chi connectivity index (χ0) is 21.2. The molecule has 1 aliphatic rings. The van der Waals surface area contributed by atoms with Gasteiger partial charge in [0, 0.05) is 24.7 Å². The van der Waals surface area contributed by atoms with Gasteiger partial charge in [-0.15, -0.1) is 0 Å². The van der Waals surface area contributed by atoms with Crippen molar-refractivity contribution < 1.29 is 28.6 Å². The first-order chi connectivity index (χ1) is 14.0. The average Bonchev–Trinajstić information content (AvgIpc) is 2.70. The first kappa shape index (κ1) is 23.2. The number of halogens is 1. The number of unbranched alkanes of at least 4 members (excludes halogenated alkanes) is 1. The Hall–Kier alpha value is -2.13. The predicted molar refractivity (Wildman–Crippen MR) is 110 cm³/mol. The standard InChI is InChI=1S/C20H27BrN2O6/c1-3-4-9-29-18(24)13-16-19(25)22-7-8-23(16)20(26)15-12-14(21)5-6-17(15)28-11-10-27-2/h5-6,12,16H,3-4,7-11,13H2,1-2H3,(H,22,25). The van der Waals surface area contributed by atoms with Gasteiger partial charge < -0.3 is 24.4 Å². The van der Waals surface area contributed by atoms with Gasteiger partial charge in [0.15, 0.2) is 0 Å². The molecule has 1 aliphatic heterocycles. The molecule has 0 spiro atoms. The van der Waals surface area contributed by atoms with Crippen molar-refractivity contribution in [1.82, 2.24) is 10.2 Å². The van der Waals surface area contributed by atoms with Gasteiger partial charge in [0.25, 0.3) is 5.91 Å². The maximum atomic E-state index is 13.3. The monoisotopic (exact) mass is 470 g/mol. The molecule has 2 rings (SSSR count). The van der Waals surface area contributed by atoms with Gasteiger partial charge in [-0.1, -0.05) is 29.3 Å². The molecule has 0 aromatic heterocycles. The van der Waals surface area contributed by atoms with Gasteiger partial charge in [-0.3, -0.25) is 14.4 Å². The lowest BCUT2D eigenvalue weighted by molar-refractivity contribution is -0.147. The van der Waals surface area contributed by atoms with Gasteiger partial charge in [-0.25, -0.2) is 0 Å². The first-order valence-corrected chi connectivity index (χ1v) is 10.4. The van der Waals surface area contributed by atoms with Crippen molar-refractivity contribution in [2.45, 2.75) is 32.2 Å². The van der Waals surface area contributed by atoms with Crippen LogP contribution in [0.3, 0.4) is 0 Å². The van der Waals surface area contributed by atoms with Crippen LogP contribution >= 0.6 is 15.9 Å². The number of piperazine rings is 1. The van der Waals surface area contributed by atoms with Gasteiger partial charge >= 0.3 is 5.97 Å². The number of esters is 1. The number of nitrogens with one attached hydrogen (secondary N) is 1. The maximum absolute atomic E-state index is 13.3. The Labute approximate surface area is 179 Å². The number of benzene rings is 1. The molecule has 1 aromatic carbocycles. The minimum atomic E-state index is -0.920. The van der Waals surface area contributed by atoms with Crippen molar-refractivity contribution >= 4 is 33.7 Å². The van der Waals surface area contributed by atoms with E-state index in [1.165, 1.54) is 4.90 Å². The molecule has 1 aromatic rings. The molecular weight excluding hydrogens is 444 g/mol. The molecule has 2 amide bonds. The molecule has 1 fully saturated rings. The van der Waals surface area contributed by atoms with Crippen LogP contribution in [0.25, 0.3) is 0 Å². The molecule has 0 saturated carbocycles. The molecule has 1 heterocycles. The Kier molecular flexibility index (Phi) is 9.40. The SMILES string of the molecule is CCCCOC(=O)CC1C(=O)NCCN1C(=O)c1cc(Br)ccc1OCCOC. The Balaban J connectivity index is 2.18. The molecule has 29 heavy (non-hydrogen) atoms. The van der Waals surface area contributed by atoms with Crippen molar-refractivity contribution in [2.75, 3.05) is 40.0 Å². The van der Waals surface area contributed by atoms with Gasteiger partial charge in [0.2, 0.25) is 5.91 Å². The predicted octanol–water partition coefficient (Wildman–Crippen LogP) is 2.15. The molecule has 160 valence electrons. The summed E-state index contributed by atoms with van der Waals surface area (Å²) in [6.45, 7) is 3.57. The summed E-state index contributed by atoms with van der Waals surface area (Å²) < 4.78 is 16.5. The molecule has 1 N–H and O–H groups in total. The van der Waals surface area contributed by atoms with E-state index in [1.807, 2.05) is 6.92 Å². The number of carbonyl (C=O) groups excluding carboxylic acids is 3. The van der Waals surface area contributed by atoms with E-state index in [1.54, 1.807) is 25.3 Å². The highest BCUT2D eigenvalue weighted by atomic mass is 79.9. The lowest BCUT2D eigenvalue weighted by Gasteiger charge is -2.35. The van der Waals surface area contributed by atoms with E-state index in [4.69, 9.17) is 14.2 Å². The van der Waals surface area contributed by atoms with Crippen LogP contribution in [-0.2, 0) is 19.1 Å². The normalized spacial score (nSPS) is 16.3. The average molecular weight is 471 g/mol. The van der Waals surface area contributed by atoms with Gasteiger partial charge in [-0.05, 0) is 24.6 Å². The van der Waals surface area contributed by atoms with E-state index in [0.29, 0.717) is 42.1 Å². The first-order valence-electron chi connectivity index (χ1n) is 9.63. The fraction of sp³-hybridized carbons (Fsp3) is 0.550. The largest absolute Gasteiger partial charge is 0.490 e. The molecule has 0 bridgehead atoms. The zero-order valence-corrected chi connectivity index (χ0v) is 18.3. The smallest absolute Gasteiger partial charge is 0.308 e. The van der Waals surface area contributed by atoms with E-state index in [9.17, 15) is 14.4 Å². The lowest BCUT2D eigenvalue weighted by atomic mass is 10.1. The summed E-state index contributed by atoms with van der Waals surface area (Å²) in [5.74, 6) is -0.844. The second-order valence-corrected chi connectivity index (χ2v) is 7.48. The van der Waals surface area contributed by atoms with Gasteiger partial charge in [0.1, 0.15) is 18.4 Å². The highest BCUT2D eigenvalue weighted by molar-refractivity contribution is 9.10. The number of nitrogens with zero attached hydrogens (tertiary/aromatic N) is 1. The van der Waals surface area contributed by atoms with Gasteiger partial charge in [-0.2, -0.15) is 0 Å². The molecular formula is C20H27BrN2O6. The highest BCUT2D eigenvalue weighted by Gasteiger charge is 2.36. The van der Waals surface area contributed by atoms with Crippen LogP contribution in [0.1, 0.15) is 36.5 Å². The molecule has 8 nitrogen and oxygen atoms in total. The lowest BCUT2D eigenvalue weighted by Crippen LogP contribution is -2.57. The fourth-order valence-electron chi connectivity index (χ4n) is 2.89. The number of ether oxygens (including phenoxy) is 3. The van der Waals surface area contributed by atoms with Crippen LogP contribution in [0.15, 0.2) is 22.7 Å². The van der Waals surface area contributed by atoms with E-state index in [-0.39, 0.29) is 24.8 Å². The third kappa shape index (κ3) is 6.71. The minimum absolute atomic E-state index is 0.185. The molecule has 1 atom stereocenters. The molecule has 1 saturated heterocycles. The number of hydrogen-bond donors (Lipinski definition) is 1. The highest BCUT2D eigenvalue weighted by Crippen LogP contribution is 2.26. The van der Waals surface area contributed by atoms with Crippen LogP contribution in [0.2, 0.25) is 0 Å². The Morgan fingerprint density at radius 2 is 2.07 bits per heavy atom. The second kappa shape index (κ2) is 11.8. The maximum Gasteiger partial charge on any atom is 0.308 e. The van der Waals surface area contributed by atoms with Crippen LogP contribution < -0.4 is 10.1 Å². The van der Waals surface area contributed by atoms with E-state index in [2.05, 4.69) is 21.2 Å². The summed E-state index contributed by atoms with van der Waals surface area (Å²) in [4.78, 5) is 39.2. The Morgan fingerprint density at radius 1 is 1.28 bits per heavy atom. The quantitative estimate of drug-likeness (QED) is 0.415. The van der Waals surface area contributed by atoms with E-state index >= 15 is 0 Å². The van der Waals surface area contributed by atoms with Crippen molar-refractivity contribution in [3.63, 3.8) is 0 Å². The number of amides is 2. The van der Waals surface area contributed by atoms with Crippen LogP contribution in [0, 0.1) is 0 Å². The Morgan fingerprint density at radius 3 is 2.79 bits per heavy atom. The van der Waals surface area contributed by atoms with Crippen molar-refractivity contribution in [3.05, 3.63) is 28.2 Å². The fourth-order valence-corrected chi connectivity index (χ4v) is 3.25. The molecule has 9 heteroatoms. The summed E-state index contributed by atoms with van der Waals surface area (Å²) in [5.41, 5.74) is 0.314. The van der Waals surface area contributed by atoms with Crippen molar-refractivity contribution in [2.24, 2.45) is 0 Å². The molecule has 1 unspecified atom stereocenters. The number of methoxy groups -OCH3 is 1. The second-order valence-electron chi connectivity index (χ2n) is 6.57. The van der Waals surface area contributed by atoms with Crippen LogP contribution in [-0.4, -0.2) is 68.7 Å². The van der Waals surface area contributed by atoms with Crippen molar-refractivity contribution in [1.29, 1.82) is 0 Å². The van der Waals surface area contributed by atoms with Crippen molar-refractivity contribution in [3.8, 4) is 5.75 Å². The summed E-state index contributed by atoms with van der Waals surface area (Å²) in [7, 11) is 1.56. The number of carbonyl (C=O) groups is 3. The molecule has 0 aliphatic carbocycles. The number of hydrogen-bond acceptors (Lipinski definition) is 6. The zero-order valence-electron chi connectivity index (χ0n) is 16.7. The van der Waals surface area contributed by atoms with Crippen LogP contribution in [0.4, 0.5) is 0 Å². The molecule has 0 radical (unpaired) electrons. The summed E-state index contributed by atoms with van der Waals surface area (Å²) >= 11 is 3.37. The minimum Gasteiger partial charge on any atom is -0.490 e. The van der Waals surface area contributed by atoms with E-state index < -0.39 is 12.0 Å². The third-order valence-electron chi connectivity index (χ3n) is 4.43. The van der Waals surface area contributed by atoms with Crippen LogP contribution in [0.5, 0.6) is 5.75 Å². The van der Waals surface area contributed by atoms with E-state index in [0.717, 1.165) is 12.8 Å². The third-order valence-corrected chi connectivity index (χ3v) is 4.92. The summed E-state index contributed by atoms with van der Waals surface area (Å²) in [6.07, 6.45) is 1.47. The van der Waals surface area contributed by atoms with Gasteiger partial charge in [0.05, 0.1) is 25.2 Å². The summed E-state index contributed by atoms with van der Waals surface area (Å²) in [6, 6.07) is 4.18.